The molecule has 0 saturated carbocycles. The number of rotatable bonds is 3. The second kappa shape index (κ2) is 5.50. The number of hydrogen-bond donors (Lipinski definition) is 0. The summed E-state index contributed by atoms with van der Waals surface area (Å²) in [6.07, 6.45) is 2.67. The van der Waals surface area contributed by atoms with Gasteiger partial charge in [-0.3, -0.25) is 19.5 Å². The molecule has 0 aliphatic heterocycles. The zero-order chi connectivity index (χ0) is 14.0. The molecule has 2 rings (SSSR count). The molecular weight excluding hydrogens is 337 g/mol. The van der Waals surface area contributed by atoms with E-state index in [-0.39, 0.29) is 32.9 Å². The third kappa shape index (κ3) is 2.82. The monoisotopic (exact) mass is 343 g/mol. The summed E-state index contributed by atoms with van der Waals surface area (Å²) in [4.78, 5) is 26.1. The van der Waals surface area contributed by atoms with Crippen molar-refractivity contribution in [3.8, 4) is 0 Å². The van der Waals surface area contributed by atoms with Gasteiger partial charge in [-0.05, 0) is 22.0 Å². The molecule has 0 fully saturated rings. The zero-order valence-corrected chi connectivity index (χ0v) is 11.8. The number of halogens is 2. The Morgan fingerprint density at radius 1 is 1.47 bits per heavy atom. The van der Waals surface area contributed by atoms with Crippen LogP contribution in [0.25, 0.3) is 0 Å². The minimum Gasteiger partial charge on any atom is -0.293 e. The molecule has 1 aromatic heterocycles. The highest BCUT2D eigenvalue weighted by Gasteiger charge is 2.17. The molecule has 0 unspecified atom stereocenters. The standard InChI is InChI=1S/C11H7BrClN3O3/c12-8-4-14-6-15(11(8)17)5-7-9(13)2-1-3-10(7)16(18)19/h1-4,6H,5H2. The average molecular weight is 345 g/mol. The first-order chi connectivity index (χ1) is 9.00. The maximum atomic E-state index is 11.8. The number of nitrogens with zero attached hydrogens (tertiary/aromatic N) is 3. The van der Waals surface area contributed by atoms with Gasteiger partial charge in [-0.25, -0.2) is 4.98 Å². The van der Waals surface area contributed by atoms with Gasteiger partial charge in [-0.2, -0.15) is 0 Å². The highest BCUT2D eigenvalue weighted by atomic mass is 79.9. The van der Waals surface area contributed by atoms with Gasteiger partial charge in [0.2, 0.25) is 0 Å². The van der Waals surface area contributed by atoms with Crippen LogP contribution < -0.4 is 5.56 Å². The lowest BCUT2D eigenvalue weighted by Crippen LogP contribution is -2.21. The molecule has 0 spiro atoms. The highest BCUT2D eigenvalue weighted by molar-refractivity contribution is 9.10. The minimum absolute atomic E-state index is 0.0126. The topological polar surface area (TPSA) is 78.0 Å². The predicted molar refractivity (Wildman–Crippen MR) is 73.4 cm³/mol. The summed E-state index contributed by atoms with van der Waals surface area (Å²) in [6.45, 7) is -0.0126. The predicted octanol–water partition coefficient (Wildman–Crippen LogP) is 2.62. The van der Waals surface area contributed by atoms with Gasteiger partial charge in [0.15, 0.2) is 0 Å². The van der Waals surface area contributed by atoms with Gasteiger partial charge >= 0.3 is 0 Å². The molecule has 2 aromatic rings. The minimum atomic E-state index is -0.530. The summed E-state index contributed by atoms with van der Waals surface area (Å²) in [7, 11) is 0. The normalized spacial score (nSPS) is 10.4. The van der Waals surface area contributed by atoms with Crippen molar-refractivity contribution in [3.63, 3.8) is 0 Å². The van der Waals surface area contributed by atoms with Gasteiger partial charge in [-0.15, -0.1) is 0 Å². The molecule has 1 aromatic carbocycles. The van der Waals surface area contributed by atoms with Gasteiger partial charge in [-0.1, -0.05) is 17.7 Å². The van der Waals surface area contributed by atoms with Crippen LogP contribution in [0.15, 0.2) is 40.0 Å². The molecule has 0 N–H and O–H groups in total. The van der Waals surface area contributed by atoms with Crippen LogP contribution in [0.3, 0.4) is 0 Å². The molecule has 0 saturated heterocycles. The zero-order valence-electron chi connectivity index (χ0n) is 9.42. The number of nitro benzene ring substituents is 1. The van der Waals surface area contributed by atoms with Crippen LogP contribution in [0.5, 0.6) is 0 Å². The van der Waals surface area contributed by atoms with E-state index >= 15 is 0 Å². The van der Waals surface area contributed by atoms with Crippen molar-refractivity contribution in [2.45, 2.75) is 6.54 Å². The van der Waals surface area contributed by atoms with Crippen molar-refractivity contribution in [1.29, 1.82) is 0 Å². The van der Waals surface area contributed by atoms with Crippen LogP contribution >= 0.6 is 27.5 Å². The molecule has 6 nitrogen and oxygen atoms in total. The number of benzene rings is 1. The Morgan fingerprint density at radius 2 is 2.21 bits per heavy atom. The molecule has 0 aliphatic carbocycles. The third-order valence-electron chi connectivity index (χ3n) is 2.48. The van der Waals surface area contributed by atoms with Crippen molar-refractivity contribution >= 4 is 33.2 Å². The third-order valence-corrected chi connectivity index (χ3v) is 3.38. The molecular formula is C11H7BrClN3O3. The lowest BCUT2D eigenvalue weighted by molar-refractivity contribution is -0.385. The lowest BCUT2D eigenvalue weighted by Gasteiger charge is -2.07. The van der Waals surface area contributed by atoms with Gasteiger partial charge < -0.3 is 0 Å². The Balaban J connectivity index is 2.52. The fourth-order valence-corrected chi connectivity index (χ4v) is 2.16. The van der Waals surface area contributed by atoms with Crippen molar-refractivity contribution < 1.29 is 4.92 Å². The molecule has 19 heavy (non-hydrogen) atoms. The maximum absolute atomic E-state index is 11.8. The molecule has 1 heterocycles. The van der Waals surface area contributed by atoms with Gasteiger partial charge in [0, 0.05) is 12.3 Å². The van der Waals surface area contributed by atoms with Crippen molar-refractivity contribution in [3.05, 3.63) is 66.3 Å². The second-order valence-corrected chi connectivity index (χ2v) is 4.93. The molecule has 0 bridgehead atoms. The Morgan fingerprint density at radius 3 is 2.89 bits per heavy atom. The fourth-order valence-electron chi connectivity index (χ4n) is 1.58. The first-order valence-electron chi connectivity index (χ1n) is 5.12. The van der Waals surface area contributed by atoms with E-state index < -0.39 is 4.92 Å². The van der Waals surface area contributed by atoms with Crippen LogP contribution in [0.4, 0.5) is 5.69 Å². The SMILES string of the molecule is O=c1c(Br)cncn1Cc1c(Cl)cccc1[N+](=O)[O-]. The Kier molecular flexibility index (Phi) is 3.96. The second-order valence-electron chi connectivity index (χ2n) is 3.67. The Labute approximate surface area is 120 Å². The smallest absolute Gasteiger partial charge is 0.275 e. The lowest BCUT2D eigenvalue weighted by atomic mass is 10.2. The van der Waals surface area contributed by atoms with Crippen LogP contribution in [0.2, 0.25) is 5.02 Å². The first kappa shape index (κ1) is 13.7. The Hall–Kier alpha value is -1.73. The van der Waals surface area contributed by atoms with Gasteiger partial charge in [0.05, 0.1) is 28.4 Å². The van der Waals surface area contributed by atoms with Crippen molar-refractivity contribution in [2.75, 3.05) is 0 Å². The van der Waals surface area contributed by atoms with Crippen LogP contribution in [-0.2, 0) is 6.54 Å². The summed E-state index contributed by atoms with van der Waals surface area (Å²) in [5.74, 6) is 0. The summed E-state index contributed by atoms with van der Waals surface area (Å²) >= 11 is 9.03. The summed E-state index contributed by atoms with van der Waals surface area (Å²) < 4.78 is 1.53. The first-order valence-corrected chi connectivity index (χ1v) is 6.29. The summed E-state index contributed by atoms with van der Waals surface area (Å²) in [5, 5.41) is 11.2. The van der Waals surface area contributed by atoms with Crippen LogP contribution in [-0.4, -0.2) is 14.5 Å². The van der Waals surface area contributed by atoms with E-state index in [1.165, 1.54) is 29.2 Å². The van der Waals surface area contributed by atoms with E-state index in [2.05, 4.69) is 20.9 Å². The van der Waals surface area contributed by atoms with Gasteiger partial charge in [0.1, 0.15) is 4.47 Å². The number of nitro groups is 1. The number of aromatic nitrogens is 2. The Bertz CT molecular complexity index is 702. The van der Waals surface area contributed by atoms with E-state index in [0.29, 0.717) is 0 Å². The largest absolute Gasteiger partial charge is 0.293 e. The average Bonchev–Trinajstić information content (AvgIpc) is 2.36. The van der Waals surface area contributed by atoms with E-state index in [9.17, 15) is 14.9 Å². The van der Waals surface area contributed by atoms with E-state index in [1.54, 1.807) is 6.07 Å². The molecule has 8 heteroatoms. The molecule has 0 aliphatic rings. The molecule has 98 valence electrons. The quantitative estimate of drug-likeness (QED) is 0.633. The van der Waals surface area contributed by atoms with Crippen molar-refractivity contribution in [1.82, 2.24) is 9.55 Å². The highest BCUT2D eigenvalue weighted by Crippen LogP contribution is 2.26. The molecule has 0 atom stereocenters. The molecule has 0 amide bonds. The number of hydrogen-bond acceptors (Lipinski definition) is 4. The van der Waals surface area contributed by atoms with E-state index in [4.69, 9.17) is 11.6 Å². The summed E-state index contributed by atoms with van der Waals surface area (Å²) in [5.41, 5.74) is -0.181. The maximum Gasteiger partial charge on any atom is 0.275 e. The van der Waals surface area contributed by atoms with E-state index in [1.807, 2.05) is 0 Å². The summed E-state index contributed by atoms with van der Waals surface area (Å²) in [6, 6.07) is 4.38. The molecule has 0 radical (unpaired) electrons. The fraction of sp³-hybridized carbons (Fsp3) is 0.0909. The van der Waals surface area contributed by atoms with Crippen LogP contribution in [0, 0.1) is 10.1 Å². The van der Waals surface area contributed by atoms with E-state index in [0.717, 1.165) is 0 Å². The van der Waals surface area contributed by atoms with Gasteiger partial charge in [0.25, 0.3) is 11.2 Å². The van der Waals surface area contributed by atoms with Crippen molar-refractivity contribution in [2.24, 2.45) is 0 Å². The van der Waals surface area contributed by atoms with Crippen LogP contribution in [0.1, 0.15) is 5.56 Å².